The first-order valence-corrected chi connectivity index (χ1v) is 9.71. The van der Waals surface area contributed by atoms with Crippen molar-refractivity contribution < 1.29 is 9.53 Å². The molecule has 0 saturated carbocycles. The molecule has 0 unspecified atom stereocenters. The third-order valence-corrected chi connectivity index (χ3v) is 5.29. The summed E-state index contributed by atoms with van der Waals surface area (Å²) in [5.74, 6) is 1.46. The molecule has 27 heavy (non-hydrogen) atoms. The molecular formula is C19H24BrN5O2. The minimum absolute atomic E-state index is 0.180. The second-order valence-electron chi connectivity index (χ2n) is 6.59. The standard InChI is InChI=1S/C19H24BrN5O2/c1-24(16-6-8-25(9-7-16)12-19(26)27-2)18-11-17(21-13-22-18)23-15-5-3-4-14(20)10-15/h3-5,10-11,13,16H,6-9,12H2,1-2H3,(H,21,22,23). The molecule has 2 aromatic rings. The minimum atomic E-state index is -0.180. The van der Waals surface area contributed by atoms with E-state index < -0.39 is 0 Å². The number of likely N-dealkylation sites (tertiary alicyclic amines) is 1. The Morgan fingerprint density at radius 1 is 1.33 bits per heavy atom. The lowest BCUT2D eigenvalue weighted by Gasteiger charge is -2.36. The molecule has 1 N–H and O–H groups in total. The predicted molar refractivity (Wildman–Crippen MR) is 109 cm³/mol. The Hall–Kier alpha value is -2.19. The zero-order valence-electron chi connectivity index (χ0n) is 15.6. The van der Waals surface area contributed by atoms with E-state index in [-0.39, 0.29) is 5.97 Å². The van der Waals surface area contributed by atoms with Crippen molar-refractivity contribution in [3.8, 4) is 0 Å². The van der Waals surface area contributed by atoms with E-state index in [0.717, 1.165) is 47.7 Å². The smallest absolute Gasteiger partial charge is 0.319 e. The van der Waals surface area contributed by atoms with E-state index in [0.29, 0.717) is 12.6 Å². The highest BCUT2D eigenvalue weighted by Gasteiger charge is 2.24. The van der Waals surface area contributed by atoms with Crippen LogP contribution < -0.4 is 10.2 Å². The van der Waals surface area contributed by atoms with Crippen molar-refractivity contribution in [2.75, 3.05) is 44.0 Å². The van der Waals surface area contributed by atoms with Gasteiger partial charge in [-0.05, 0) is 31.0 Å². The predicted octanol–water partition coefficient (Wildman–Crippen LogP) is 3.06. The van der Waals surface area contributed by atoms with E-state index in [1.54, 1.807) is 6.33 Å². The van der Waals surface area contributed by atoms with Crippen LogP contribution in [0.5, 0.6) is 0 Å². The fourth-order valence-electron chi connectivity index (χ4n) is 3.22. The van der Waals surface area contributed by atoms with Crippen LogP contribution in [-0.2, 0) is 9.53 Å². The Morgan fingerprint density at radius 3 is 2.81 bits per heavy atom. The molecule has 1 aromatic carbocycles. The molecule has 0 bridgehead atoms. The Labute approximate surface area is 167 Å². The zero-order valence-corrected chi connectivity index (χ0v) is 17.1. The van der Waals surface area contributed by atoms with Gasteiger partial charge >= 0.3 is 5.97 Å². The number of halogens is 1. The number of nitrogens with one attached hydrogen (secondary N) is 1. The number of nitrogens with zero attached hydrogens (tertiary/aromatic N) is 4. The van der Waals surface area contributed by atoms with Crippen molar-refractivity contribution in [2.45, 2.75) is 18.9 Å². The Balaban J connectivity index is 1.60. The summed E-state index contributed by atoms with van der Waals surface area (Å²) < 4.78 is 5.76. The highest BCUT2D eigenvalue weighted by Crippen LogP contribution is 2.24. The highest BCUT2D eigenvalue weighted by molar-refractivity contribution is 9.10. The summed E-state index contributed by atoms with van der Waals surface area (Å²) in [7, 11) is 3.49. The zero-order chi connectivity index (χ0) is 19.2. The third-order valence-electron chi connectivity index (χ3n) is 4.80. The molecule has 3 rings (SSSR count). The molecule has 1 aromatic heterocycles. The van der Waals surface area contributed by atoms with Crippen LogP contribution in [0.4, 0.5) is 17.3 Å². The number of esters is 1. The molecule has 0 atom stereocenters. The van der Waals surface area contributed by atoms with Crippen LogP contribution in [0.1, 0.15) is 12.8 Å². The maximum Gasteiger partial charge on any atom is 0.319 e. The molecule has 8 heteroatoms. The van der Waals surface area contributed by atoms with Gasteiger partial charge < -0.3 is 15.0 Å². The average molecular weight is 434 g/mol. The highest BCUT2D eigenvalue weighted by atomic mass is 79.9. The quantitative estimate of drug-likeness (QED) is 0.701. The van der Waals surface area contributed by atoms with Gasteiger partial charge in [-0.15, -0.1) is 0 Å². The molecule has 0 spiro atoms. The molecule has 7 nitrogen and oxygen atoms in total. The fourth-order valence-corrected chi connectivity index (χ4v) is 3.62. The van der Waals surface area contributed by atoms with Crippen molar-refractivity contribution in [1.29, 1.82) is 0 Å². The number of anilines is 3. The van der Waals surface area contributed by atoms with E-state index in [9.17, 15) is 4.79 Å². The first kappa shape index (κ1) is 19.6. The molecule has 2 heterocycles. The summed E-state index contributed by atoms with van der Waals surface area (Å²) in [4.78, 5) is 24.5. The van der Waals surface area contributed by atoms with Gasteiger partial charge in [-0.3, -0.25) is 9.69 Å². The number of rotatable bonds is 6. The van der Waals surface area contributed by atoms with Gasteiger partial charge in [-0.1, -0.05) is 22.0 Å². The monoisotopic (exact) mass is 433 g/mol. The van der Waals surface area contributed by atoms with Gasteiger partial charge in [0.05, 0.1) is 13.7 Å². The lowest BCUT2D eigenvalue weighted by Crippen LogP contribution is -2.45. The summed E-state index contributed by atoms with van der Waals surface area (Å²) in [5, 5.41) is 3.31. The lowest BCUT2D eigenvalue weighted by molar-refractivity contribution is -0.142. The van der Waals surface area contributed by atoms with Crippen molar-refractivity contribution in [2.24, 2.45) is 0 Å². The van der Waals surface area contributed by atoms with Crippen molar-refractivity contribution in [3.63, 3.8) is 0 Å². The molecule has 0 aliphatic carbocycles. The van der Waals surface area contributed by atoms with Crippen molar-refractivity contribution >= 4 is 39.2 Å². The largest absolute Gasteiger partial charge is 0.468 e. The van der Waals surface area contributed by atoms with E-state index in [2.05, 4.69) is 48.1 Å². The van der Waals surface area contributed by atoms with Crippen LogP contribution in [0, 0.1) is 0 Å². The molecule has 144 valence electrons. The average Bonchev–Trinajstić information content (AvgIpc) is 2.68. The molecule has 1 saturated heterocycles. The Kier molecular flexibility index (Phi) is 6.63. The first-order chi connectivity index (χ1) is 13.0. The van der Waals surface area contributed by atoms with E-state index >= 15 is 0 Å². The number of hydrogen-bond donors (Lipinski definition) is 1. The van der Waals surface area contributed by atoms with Gasteiger partial charge in [0.1, 0.15) is 18.0 Å². The summed E-state index contributed by atoms with van der Waals surface area (Å²) in [6, 6.07) is 10.3. The molecular weight excluding hydrogens is 410 g/mol. The SMILES string of the molecule is COC(=O)CN1CCC(N(C)c2cc(Nc3cccc(Br)c3)ncn2)CC1. The minimum Gasteiger partial charge on any atom is -0.468 e. The number of aromatic nitrogens is 2. The summed E-state index contributed by atoms with van der Waals surface area (Å²) in [5.41, 5.74) is 0.966. The first-order valence-electron chi connectivity index (χ1n) is 8.92. The van der Waals surface area contributed by atoms with Crippen LogP contribution in [0.15, 0.2) is 41.1 Å². The van der Waals surface area contributed by atoms with Crippen LogP contribution in [-0.4, -0.2) is 60.7 Å². The number of piperidine rings is 1. The van der Waals surface area contributed by atoms with Crippen LogP contribution in [0.25, 0.3) is 0 Å². The second kappa shape index (κ2) is 9.14. The lowest BCUT2D eigenvalue weighted by atomic mass is 10.0. The maximum atomic E-state index is 11.4. The van der Waals surface area contributed by atoms with Gasteiger partial charge in [0, 0.05) is 42.4 Å². The maximum absolute atomic E-state index is 11.4. The molecule has 0 radical (unpaired) electrons. The summed E-state index contributed by atoms with van der Waals surface area (Å²) in [6.07, 6.45) is 3.54. The van der Waals surface area contributed by atoms with Gasteiger partial charge in [-0.25, -0.2) is 9.97 Å². The van der Waals surface area contributed by atoms with Gasteiger partial charge in [0.25, 0.3) is 0 Å². The van der Waals surface area contributed by atoms with Crippen LogP contribution in [0.3, 0.4) is 0 Å². The number of carbonyl (C=O) groups excluding carboxylic acids is 1. The van der Waals surface area contributed by atoms with Crippen molar-refractivity contribution in [3.05, 3.63) is 41.1 Å². The molecule has 0 amide bonds. The number of ether oxygens (including phenoxy) is 1. The number of carbonyl (C=O) groups is 1. The van der Waals surface area contributed by atoms with Gasteiger partial charge in [-0.2, -0.15) is 0 Å². The molecule has 1 aliphatic rings. The second-order valence-corrected chi connectivity index (χ2v) is 7.51. The number of hydrogen-bond acceptors (Lipinski definition) is 7. The van der Waals surface area contributed by atoms with E-state index in [1.807, 2.05) is 30.3 Å². The normalized spacial score (nSPS) is 15.4. The van der Waals surface area contributed by atoms with Gasteiger partial charge in [0.2, 0.25) is 0 Å². The Bertz CT molecular complexity index is 780. The topological polar surface area (TPSA) is 70.6 Å². The van der Waals surface area contributed by atoms with Crippen LogP contribution >= 0.6 is 15.9 Å². The summed E-state index contributed by atoms with van der Waals surface area (Å²) >= 11 is 3.48. The fraction of sp³-hybridized carbons (Fsp3) is 0.421. The number of benzene rings is 1. The summed E-state index contributed by atoms with van der Waals surface area (Å²) in [6.45, 7) is 2.11. The third kappa shape index (κ3) is 5.40. The Morgan fingerprint density at radius 2 is 2.11 bits per heavy atom. The van der Waals surface area contributed by atoms with E-state index in [4.69, 9.17) is 4.74 Å². The van der Waals surface area contributed by atoms with Crippen molar-refractivity contribution in [1.82, 2.24) is 14.9 Å². The van der Waals surface area contributed by atoms with Gasteiger partial charge in [0.15, 0.2) is 0 Å². The number of methoxy groups -OCH3 is 1. The van der Waals surface area contributed by atoms with E-state index in [1.165, 1.54) is 7.11 Å². The van der Waals surface area contributed by atoms with Crippen LogP contribution in [0.2, 0.25) is 0 Å². The molecule has 1 aliphatic heterocycles. The molecule has 1 fully saturated rings.